The SMILES string of the molecule is CCCCCC(=O)Nc1nc2c(s1)C[C@@H]1[C@](C)(CO)[C@H](O)CC[C@@]1(C)[C@@H]2CC(=O)O. The number of fused-ring (bicyclic) bond motifs is 2. The fourth-order valence-corrected chi connectivity index (χ4v) is 6.68. The highest BCUT2D eigenvalue weighted by Crippen LogP contribution is 2.62. The Morgan fingerprint density at radius 3 is 2.67 bits per heavy atom. The van der Waals surface area contributed by atoms with E-state index in [1.165, 1.54) is 11.3 Å². The van der Waals surface area contributed by atoms with Crippen LogP contribution >= 0.6 is 11.3 Å². The molecule has 1 aromatic rings. The number of carboxylic acid groups (broad SMARTS) is 1. The molecule has 0 saturated heterocycles. The number of anilines is 1. The Morgan fingerprint density at radius 1 is 1.30 bits per heavy atom. The molecule has 0 radical (unpaired) electrons. The topological polar surface area (TPSA) is 120 Å². The number of amides is 1. The minimum atomic E-state index is -0.886. The molecule has 5 atom stereocenters. The van der Waals surface area contributed by atoms with Crippen molar-refractivity contribution in [1.29, 1.82) is 0 Å². The Balaban J connectivity index is 1.94. The number of thiazole rings is 1. The van der Waals surface area contributed by atoms with Crippen LogP contribution in [0.4, 0.5) is 5.13 Å². The van der Waals surface area contributed by atoms with E-state index in [-0.39, 0.29) is 30.8 Å². The first-order valence-electron chi connectivity index (χ1n) is 11.0. The van der Waals surface area contributed by atoms with Crippen molar-refractivity contribution in [3.05, 3.63) is 10.6 Å². The molecule has 3 rings (SSSR count). The van der Waals surface area contributed by atoms with E-state index in [1.54, 1.807) is 0 Å². The summed E-state index contributed by atoms with van der Waals surface area (Å²) in [5.74, 6) is -1.33. The first kappa shape index (κ1) is 23.2. The van der Waals surface area contributed by atoms with Gasteiger partial charge in [0.25, 0.3) is 0 Å². The van der Waals surface area contributed by atoms with E-state index < -0.39 is 22.9 Å². The largest absolute Gasteiger partial charge is 0.481 e. The zero-order valence-corrected chi connectivity index (χ0v) is 18.9. The lowest BCUT2D eigenvalue weighted by Crippen LogP contribution is -2.57. The summed E-state index contributed by atoms with van der Waals surface area (Å²) in [6.45, 7) is 5.92. The molecule has 2 aliphatic rings. The number of carboxylic acids is 1. The van der Waals surface area contributed by atoms with Crippen molar-refractivity contribution in [2.24, 2.45) is 16.7 Å². The first-order chi connectivity index (χ1) is 14.2. The highest BCUT2D eigenvalue weighted by molar-refractivity contribution is 7.15. The van der Waals surface area contributed by atoms with Crippen LogP contribution in [0.3, 0.4) is 0 Å². The van der Waals surface area contributed by atoms with Gasteiger partial charge in [0, 0.05) is 22.6 Å². The molecule has 1 heterocycles. The molecule has 0 spiro atoms. The third-order valence-corrected chi connectivity index (χ3v) is 8.54. The van der Waals surface area contributed by atoms with Gasteiger partial charge in [0.15, 0.2) is 5.13 Å². The number of nitrogens with one attached hydrogen (secondary N) is 1. The van der Waals surface area contributed by atoms with Crippen LogP contribution in [0.15, 0.2) is 0 Å². The van der Waals surface area contributed by atoms with Crippen LogP contribution in [0.1, 0.15) is 82.2 Å². The van der Waals surface area contributed by atoms with Gasteiger partial charge in [0.2, 0.25) is 5.91 Å². The van der Waals surface area contributed by atoms with Crippen LogP contribution < -0.4 is 5.32 Å². The van der Waals surface area contributed by atoms with Gasteiger partial charge < -0.3 is 20.6 Å². The number of rotatable bonds is 8. The van der Waals surface area contributed by atoms with Gasteiger partial charge in [-0.1, -0.05) is 33.6 Å². The summed E-state index contributed by atoms with van der Waals surface area (Å²) in [5.41, 5.74) is -0.324. The minimum absolute atomic E-state index is 0.0504. The van der Waals surface area contributed by atoms with Crippen LogP contribution in [-0.2, 0) is 16.0 Å². The van der Waals surface area contributed by atoms with Gasteiger partial charge in [-0.2, -0.15) is 0 Å². The van der Waals surface area contributed by atoms with Crippen molar-refractivity contribution in [3.8, 4) is 0 Å². The molecule has 0 bridgehead atoms. The number of carbonyl (C=O) groups excluding carboxylic acids is 1. The normalized spacial score (nSPS) is 32.9. The number of aromatic nitrogens is 1. The van der Waals surface area contributed by atoms with Crippen LogP contribution in [0.5, 0.6) is 0 Å². The monoisotopic (exact) mass is 438 g/mol. The van der Waals surface area contributed by atoms with Gasteiger partial charge >= 0.3 is 5.97 Å². The second kappa shape index (κ2) is 8.93. The van der Waals surface area contributed by atoms with Crippen LogP contribution in [0.25, 0.3) is 0 Å². The van der Waals surface area contributed by atoms with E-state index >= 15 is 0 Å². The number of hydrogen-bond donors (Lipinski definition) is 4. The molecule has 0 unspecified atom stereocenters. The zero-order valence-electron chi connectivity index (χ0n) is 18.1. The van der Waals surface area contributed by atoms with E-state index in [0.717, 1.165) is 29.8 Å². The maximum atomic E-state index is 12.3. The number of carbonyl (C=O) groups is 2. The molecule has 0 aromatic carbocycles. The average molecular weight is 439 g/mol. The average Bonchev–Trinajstić information content (AvgIpc) is 3.08. The highest BCUT2D eigenvalue weighted by atomic mass is 32.1. The number of nitrogens with zero attached hydrogens (tertiary/aromatic N) is 1. The third-order valence-electron chi connectivity index (χ3n) is 7.53. The summed E-state index contributed by atoms with van der Waals surface area (Å²) in [6, 6.07) is 0. The molecule has 4 N–H and O–H groups in total. The van der Waals surface area contributed by atoms with Gasteiger partial charge in [-0.05, 0) is 37.0 Å². The fourth-order valence-electron chi connectivity index (χ4n) is 5.59. The summed E-state index contributed by atoms with van der Waals surface area (Å²) < 4.78 is 0. The zero-order chi connectivity index (χ0) is 22.1. The van der Waals surface area contributed by atoms with Crippen molar-refractivity contribution in [1.82, 2.24) is 4.98 Å². The number of aliphatic hydroxyl groups is 2. The Hall–Kier alpha value is -1.51. The summed E-state index contributed by atoms with van der Waals surface area (Å²) in [6.07, 6.45) is 4.50. The van der Waals surface area contributed by atoms with E-state index in [9.17, 15) is 24.9 Å². The van der Waals surface area contributed by atoms with Gasteiger partial charge in [-0.15, -0.1) is 11.3 Å². The van der Waals surface area contributed by atoms with Gasteiger partial charge in [0.1, 0.15) is 0 Å². The van der Waals surface area contributed by atoms with Crippen LogP contribution in [0, 0.1) is 16.7 Å². The standard InChI is InChI=1S/C22H34N2O5S/c1-4-5-6-7-17(27)23-20-24-19-13(10-18(28)29)21(2)9-8-16(26)22(3,12-25)15(21)11-14(19)30-20/h13,15-16,25-26H,4-12H2,1-3H3,(H,28,29)(H,23,24,27)/t13-,15+,16-,21+,22+/m1/s1. The van der Waals surface area contributed by atoms with Crippen molar-refractivity contribution < 1.29 is 24.9 Å². The quantitative estimate of drug-likeness (QED) is 0.461. The number of hydrogen-bond acceptors (Lipinski definition) is 6. The first-order valence-corrected chi connectivity index (χ1v) is 11.8. The molecule has 168 valence electrons. The molecule has 8 heteroatoms. The maximum absolute atomic E-state index is 12.3. The van der Waals surface area contributed by atoms with E-state index in [2.05, 4.69) is 24.1 Å². The number of aliphatic carboxylic acids is 1. The predicted octanol–water partition coefficient (Wildman–Crippen LogP) is 3.55. The molecule has 7 nitrogen and oxygen atoms in total. The van der Waals surface area contributed by atoms with E-state index in [4.69, 9.17) is 0 Å². The van der Waals surface area contributed by atoms with Crippen molar-refractivity contribution >= 4 is 28.3 Å². The predicted molar refractivity (Wildman–Crippen MR) is 116 cm³/mol. The van der Waals surface area contributed by atoms with E-state index in [0.29, 0.717) is 30.8 Å². The molecule has 1 fully saturated rings. The van der Waals surface area contributed by atoms with Crippen LogP contribution in [-0.4, -0.2) is 44.9 Å². The second-order valence-electron chi connectivity index (χ2n) is 9.46. The minimum Gasteiger partial charge on any atom is -0.481 e. The summed E-state index contributed by atoms with van der Waals surface area (Å²) in [4.78, 5) is 29.6. The molecule has 1 amide bonds. The molecule has 1 aromatic heterocycles. The van der Waals surface area contributed by atoms with E-state index in [1.807, 2.05) is 6.92 Å². The van der Waals surface area contributed by atoms with Crippen LogP contribution in [0.2, 0.25) is 0 Å². The fraction of sp³-hybridized carbons (Fsp3) is 0.773. The summed E-state index contributed by atoms with van der Waals surface area (Å²) in [7, 11) is 0. The Labute approximate surface area is 181 Å². The smallest absolute Gasteiger partial charge is 0.304 e. The Morgan fingerprint density at radius 2 is 2.03 bits per heavy atom. The Kier molecular flexibility index (Phi) is 6.89. The van der Waals surface area contributed by atoms with Crippen molar-refractivity contribution in [3.63, 3.8) is 0 Å². The van der Waals surface area contributed by atoms with Crippen molar-refractivity contribution in [2.75, 3.05) is 11.9 Å². The maximum Gasteiger partial charge on any atom is 0.304 e. The van der Waals surface area contributed by atoms with Gasteiger partial charge in [-0.25, -0.2) is 4.98 Å². The molecule has 2 aliphatic carbocycles. The molecule has 0 aliphatic heterocycles. The molecule has 1 saturated carbocycles. The summed E-state index contributed by atoms with van der Waals surface area (Å²) in [5, 5.41) is 33.9. The van der Waals surface area contributed by atoms with Gasteiger partial charge in [-0.3, -0.25) is 9.59 Å². The lowest BCUT2D eigenvalue weighted by Gasteiger charge is -2.58. The lowest BCUT2D eigenvalue weighted by molar-refractivity contribution is -0.150. The van der Waals surface area contributed by atoms with Crippen molar-refractivity contribution in [2.45, 2.75) is 84.2 Å². The number of aliphatic hydroxyl groups excluding tert-OH is 2. The van der Waals surface area contributed by atoms with Gasteiger partial charge in [0.05, 0.1) is 24.8 Å². The molecule has 30 heavy (non-hydrogen) atoms. The molecular weight excluding hydrogens is 404 g/mol. The summed E-state index contributed by atoms with van der Waals surface area (Å²) >= 11 is 1.40. The third kappa shape index (κ3) is 4.14. The Bertz CT molecular complexity index is 796. The lowest BCUT2D eigenvalue weighted by atomic mass is 9.47. The number of unbranched alkanes of at least 4 members (excludes halogenated alkanes) is 2. The molecular formula is C22H34N2O5S. The highest BCUT2D eigenvalue weighted by Gasteiger charge is 2.59. The second-order valence-corrected chi connectivity index (χ2v) is 10.5.